The van der Waals surface area contributed by atoms with Gasteiger partial charge in [0, 0.05) is 0 Å². The Morgan fingerprint density at radius 3 is 1.70 bits per heavy atom. The molecule has 1 fully saturated rings. The van der Waals surface area contributed by atoms with Gasteiger partial charge in [-0.05, 0) is 14.5 Å². The molecule has 7 heteroatoms. The zero-order chi connectivity index (χ0) is 6.36. The van der Waals surface area contributed by atoms with Crippen molar-refractivity contribution in [1.29, 1.82) is 0 Å². The van der Waals surface area contributed by atoms with Crippen LogP contribution in [0.5, 0.6) is 0 Å². The summed E-state index contributed by atoms with van der Waals surface area (Å²) in [6.07, 6.45) is -0.379. The minimum atomic E-state index is -4.40. The molecule has 1 saturated heterocycles. The third-order valence-electron chi connectivity index (χ3n) is 0.991. The fourth-order valence-corrected chi connectivity index (χ4v) is 1.36. The van der Waals surface area contributed by atoms with Gasteiger partial charge in [0.15, 0.2) is 0 Å². The van der Waals surface area contributed by atoms with Crippen LogP contribution >= 0.6 is 7.60 Å². The smallest absolute Gasteiger partial charge is 0.809 e. The maximum absolute atomic E-state index is 9.95. The fraction of sp³-hybridized carbons (Fsp3) is 1.00. The van der Waals surface area contributed by atoms with E-state index in [1.807, 2.05) is 0 Å². The monoisotopic (exact) mass is 182 g/mol. The predicted octanol–water partition coefficient (Wildman–Crippen LogP) is -7.35. The molecule has 0 spiro atoms. The van der Waals surface area contributed by atoms with Gasteiger partial charge in [0.1, 0.15) is 5.85 Å². The van der Waals surface area contributed by atoms with Crippen LogP contribution in [-0.2, 0) is 9.30 Å². The Balaban J connectivity index is 0. The summed E-state index contributed by atoms with van der Waals surface area (Å²) < 4.78 is 14.3. The fourth-order valence-electron chi connectivity index (χ4n) is 0.506. The third kappa shape index (κ3) is 4.21. The topological polar surface area (TPSA) is 75.7 Å². The van der Waals surface area contributed by atoms with Crippen molar-refractivity contribution in [3.63, 3.8) is 0 Å². The molecule has 1 aliphatic rings. The van der Waals surface area contributed by atoms with Crippen molar-refractivity contribution in [3.8, 4) is 0 Å². The largest absolute Gasteiger partial charge is 1.00 e. The minimum absolute atomic E-state index is 0. The number of hydrogen-bond acceptors (Lipinski definition) is 4. The maximum Gasteiger partial charge on any atom is 1.00 e. The molecule has 10 heavy (non-hydrogen) atoms. The molecule has 0 N–H and O–H groups in total. The molecule has 0 bridgehead atoms. The molecular weight excluding hydrogens is 177 g/mol. The summed E-state index contributed by atoms with van der Waals surface area (Å²) in [7, 11) is -4.40. The van der Waals surface area contributed by atoms with Gasteiger partial charge in [0.05, 0.1) is 6.10 Å². The van der Waals surface area contributed by atoms with Gasteiger partial charge in [-0.2, -0.15) is 0 Å². The first-order valence-electron chi connectivity index (χ1n) is 2.19. The molecule has 0 amide bonds. The van der Waals surface area contributed by atoms with E-state index >= 15 is 0 Å². The molecule has 0 aliphatic carbocycles. The van der Waals surface area contributed by atoms with E-state index in [2.05, 4.69) is 4.74 Å². The van der Waals surface area contributed by atoms with E-state index in [1.165, 1.54) is 0 Å². The summed E-state index contributed by atoms with van der Waals surface area (Å²) in [4.78, 5) is 19.9. The molecule has 1 rings (SSSR count). The molecule has 1 unspecified atom stereocenters. The second kappa shape index (κ2) is 4.97. The van der Waals surface area contributed by atoms with Crippen LogP contribution in [0.15, 0.2) is 0 Å². The van der Waals surface area contributed by atoms with Gasteiger partial charge in [0.25, 0.3) is 0 Å². The third-order valence-corrected chi connectivity index (χ3v) is 2.16. The van der Waals surface area contributed by atoms with Crippen molar-refractivity contribution in [3.05, 3.63) is 0 Å². The Morgan fingerprint density at radius 1 is 1.40 bits per heavy atom. The van der Waals surface area contributed by atoms with E-state index in [9.17, 15) is 14.4 Å². The Labute approximate surface area is 103 Å². The Morgan fingerprint density at radius 2 is 1.70 bits per heavy atom. The number of ether oxygens (including phenoxy) is 1. The van der Waals surface area contributed by atoms with Gasteiger partial charge in [-0.25, -0.2) is 0 Å². The standard InChI is InChI=1S/C3H7O4P.2Na/c1-2-3(7-2)8(4,5)6;;/h2-3H,1H3,(H2,4,5,6);;/q;2*+1/p-2/t2?,3-;;/m0../s1. The first-order valence-corrected chi connectivity index (χ1v) is 3.80. The van der Waals surface area contributed by atoms with E-state index in [4.69, 9.17) is 0 Å². The minimum Gasteiger partial charge on any atom is -0.809 e. The average molecular weight is 182 g/mol. The SMILES string of the molecule is CC1O[C@H]1P(=O)([O-])[O-].[Na+].[Na+]. The number of rotatable bonds is 1. The zero-order valence-electron chi connectivity index (χ0n) is 6.23. The first-order chi connectivity index (χ1) is 3.52. The summed E-state index contributed by atoms with van der Waals surface area (Å²) in [6, 6.07) is 0. The summed E-state index contributed by atoms with van der Waals surface area (Å²) in [5.41, 5.74) is 0. The van der Waals surface area contributed by atoms with Crippen molar-refractivity contribution in [2.24, 2.45) is 0 Å². The van der Waals surface area contributed by atoms with Gasteiger partial charge < -0.3 is 19.1 Å². The normalized spacial score (nSPS) is 29.9. The van der Waals surface area contributed by atoms with Crippen molar-refractivity contribution in [1.82, 2.24) is 0 Å². The van der Waals surface area contributed by atoms with E-state index in [-0.39, 0.29) is 65.2 Å². The molecule has 1 aliphatic heterocycles. The van der Waals surface area contributed by atoms with Crippen molar-refractivity contribution >= 4 is 7.60 Å². The Kier molecular flexibility index (Phi) is 7.27. The summed E-state index contributed by atoms with van der Waals surface area (Å²) in [5.74, 6) is -1.04. The van der Waals surface area contributed by atoms with Crippen LogP contribution < -0.4 is 68.9 Å². The number of epoxide rings is 1. The van der Waals surface area contributed by atoms with Gasteiger partial charge in [0.2, 0.25) is 0 Å². The van der Waals surface area contributed by atoms with Gasteiger partial charge in [-0.3, -0.25) is 0 Å². The van der Waals surface area contributed by atoms with Crippen LogP contribution in [-0.4, -0.2) is 11.9 Å². The predicted molar refractivity (Wildman–Crippen MR) is 21.9 cm³/mol. The Hall–Kier alpha value is 2.11. The Bertz CT molecular complexity index is 145. The molecule has 0 aromatic heterocycles. The molecule has 1 heterocycles. The van der Waals surface area contributed by atoms with Crippen molar-refractivity contribution in [2.45, 2.75) is 18.9 Å². The van der Waals surface area contributed by atoms with E-state index in [0.717, 1.165) is 0 Å². The summed E-state index contributed by atoms with van der Waals surface area (Å²) in [5, 5.41) is 0. The summed E-state index contributed by atoms with van der Waals surface area (Å²) in [6.45, 7) is 1.55. The van der Waals surface area contributed by atoms with E-state index in [1.54, 1.807) is 6.92 Å². The van der Waals surface area contributed by atoms with Crippen LogP contribution in [0.4, 0.5) is 0 Å². The van der Waals surface area contributed by atoms with Gasteiger partial charge in [-0.1, -0.05) is 0 Å². The molecule has 2 atom stereocenters. The van der Waals surface area contributed by atoms with Crippen LogP contribution in [0, 0.1) is 0 Å². The molecule has 48 valence electrons. The molecular formula is C3H5Na2O4P. The summed E-state index contributed by atoms with van der Waals surface area (Å²) >= 11 is 0. The molecule has 0 saturated carbocycles. The van der Waals surface area contributed by atoms with E-state index in [0.29, 0.717) is 0 Å². The zero-order valence-corrected chi connectivity index (χ0v) is 11.1. The van der Waals surface area contributed by atoms with Crippen LogP contribution in [0.3, 0.4) is 0 Å². The van der Waals surface area contributed by atoms with Crippen molar-refractivity contribution < 1.29 is 78.2 Å². The van der Waals surface area contributed by atoms with E-state index < -0.39 is 13.4 Å². The van der Waals surface area contributed by atoms with Crippen LogP contribution in [0.2, 0.25) is 0 Å². The first kappa shape index (κ1) is 14.6. The van der Waals surface area contributed by atoms with Crippen LogP contribution in [0.25, 0.3) is 0 Å². The molecule has 4 nitrogen and oxygen atoms in total. The van der Waals surface area contributed by atoms with Gasteiger partial charge in [-0.15, -0.1) is 0 Å². The van der Waals surface area contributed by atoms with Crippen molar-refractivity contribution in [2.75, 3.05) is 0 Å². The molecule has 0 radical (unpaired) electrons. The molecule has 0 aromatic carbocycles. The maximum atomic E-state index is 9.95. The second-order valence-electron chi connectivity index (χ2n) is 1.77. The van der Waals surface area contributed by atoms with Crippen LogP contribution in [0.1, 0.15) is 6.92 Å². The molecule has 0 aromatic rings. The average Bonchev–Trinajstić information content (AvgIpc) is 2.13. The van der Waals surface area contributed by atoms with Gasteiger partial charge >= 0.3 is 59.1 Å². The quantitative estimate of drug-likeness (QED) is 0.229. The second-order valence-corrected chi connectivity index (χ2v) is 3.36. The number of hydrogen-bond donors (Lipinski definition) is 0.